The Morgan fingerprint density at radius 1 is 0.375 bits per heavy atom. The van der Waals surface area contributed by atoms with Gasteiger partial charge in [-0.1, -0.05) is 152 Å². The van der Waals surface area contributed by atoms with Crippen molar-refractivity contribution in [2.75, 3.05) is 0 Å². The maximum Gasteiger partial charge on any atom is 0.180 e. The molecule has 11 rings (SSSR count). The number of benzene rings is 7. The van der Waals surface area contributed by atoms with Crippen molar-refractivity contribution >= 4 is 53.6 Å². The summed E-state index contributed by atoms with van der Waals surface area (Å²) < 4.78 is 8.71. The van der Waals surface area contributed by atoms with Crippen LogP contribution in [-0.2, 0) is 0 Å². The second-order valence-electron chi connectivity index (χ2n) is 13.6. The van der Waals surface area contributed by atoms with Gasteiger partial charge in [0.2, 0.25) is 0 Å². The summed E-state index contributed by atoms with van der Waals surface area (Å²) in [6.07, 6.45) is 0. The van der Waals surface area contributed by atoms with Gasteiger partial charge in [0.1, 0.15) is 16.8 Å². The van der Waals surface area contributed by atoms with E-state index in [2.05, 4.69) is 78.9 Å². The van der Waals surface area contributed by atoms with E-state index in [1.165, 1.54) is 25.7 Å². The molecule has 0 fully saturated rings. The van der Waals surface area contributed by atoms with Gasteiger partial charge in [0.25, 0.3) is 0 Å². The number of furan rings is 1. The zero-order chi connectivity index (χ0) is 37.0. The Kier molecular flexibility index (Phi) is 7.57. The molecule has 0 unspecified atom stereocenters. The van der Waals surface area contributed by atoms with E-state index >= 15 is 0 Å². The lowest BCUT2D eigenvalue weighted by Gasteiger charge is -2.09. The van der Waals surface area contributed by atoms with Crippen LogP contribution in [0.4, 0.5) is 0 Å². The second kappa shape index (κ2) is 13.2. The van der Waals surface area contributed by atoms with Gasteiger partial charge in [0, 0.05) is 53.4 Å². The predicted octanol–water partition coefficient (Wildman–Crippen LogP) is 12.9. The van der Waals surface area contributed by atoms with Crippen molar-refractivity contribution in [1.82, 2.24) is 24.9 Å². The molecule has 0 aliphatic heterocycles. The average molecular weight is 736 g/mol. The standard InChI is InChI=1S/C49H29N5OS/c1-4-13-31(14-5-1)43-45-44(37-19-10-11-21-39(37)55-45)51-46(50-43)34-25-23-30(24-26-34)36-20-12-22-40-42(36)38-28-27-35(29-41(38)56-40)49-53-47(32-15-6-2-7-16-32)52-48(54-49)33-17-8-3-9-18-33/h1-29H. The van der Waals surface area contributed by atoms with Crippen LogP contribution in [0.3, 0.4) is 0 Å². The highest BCUT2D eigenvalue weighted by Gasteiger charge is 2.19. The van der Waals surface area contributed by atoms with E-state index in [0.717, 1.165) is 55.6 Å². The minimum absolute atomic E-state index is 0.645. The summed E-state index contributed by atoms with van der Waals surface area (Å²) in [6.45, 7) is 0. The molecule has 7 aromatic carbocycles. The van der Waals surface area contributed by atoms with Gasteiger partial charge >= 0.3 is 0 Å². The summed E-state index contributed by atoms with van der Waals surface area (Å²) in [5, 5.41) is 3.40. The summed E-state index contributed by atoms with van der Waals surface area (Å²) in [5.74, 6) is 2.60. The monoisotopic (exact) mass is 735 g/mol. The van der Waals surface area contributed by atoms with E-state index in [4.69, 9.17) is 29.3 Å². The van der Waals surface area contributed by atoms with Crippen LogP contribution in [0.1, 0.15) is 0 Å². The average Bonchev–Trinajstić information content (AvgIpc) is 3.85. The number of para-hydroxylation sites is 1. The van der Waals surface area contributed by atoms with Gasteiger partial charge in [-0.3, -0.25) is 0 Å². The van der Waals surface area contributed by atoms with E-state index < -0.39 is 0 Å². The number of fused-ring (bicyclic) bond motifs is 6. The van der Waals surface area contributed by atoms with Crippen molar-refractivity contribution in [3.05, 3.63) is 176 Å². The topological polar surface area (TPSA) is 77.6 Å². The first-order valence-electron chi connectivity index (χ1n) is 18.4. The fourth-order valence-corrected chi connectivity index (χ4v) is 8.63. The summed E-state index contributed by atoms with van der Waals surface area (Å²) in [5.41, 5.74) is 10.2. The molecule has 0 spiro atoms. The van der Waals surface area contributed by atoms with Gasteiger partial charge in [-0.2, -0.15) is 0 Å². The first kappa shape index (κ1) is 32.1. The third kappa shape index (κ3) is 5.52. The minimum atomic E-state index is 0.645. The van der Waals surface area contributed by atoms with Crippen LogP contribution in [0.2, 0.25) is 0 Å². The van der Waals surface area contributed by atoms with E-state index in [-0.39, 0.29) is 0 Å². The van der Waals surface area contributed by atoms with Gasteiger partial charge in [-0.25, -0.2) is 24.9 Å². The van der Waals surface area contributed by atoms with Crippen LogP contribution in [0.15, 0.2) is 180 Å². The maximum atomic E-state index is 6.32. The number of nitrogens with zero attached hydrogens (tertiary/aromatic N) is 5. The molecule has 6 nitrogen and oxygen atoms in total. The summed E-state index contributed by atoms with van der Waals surface area (Å²) >= 11 is 1.78. The van der Waals surface area contributed by atoms with Crippen molar-refractivity contribution in [3.8, 4) is 67.9 Å². The van der Waals surface area contributed by atoms with Gasteiger partial charge in [0.05, 0.1) is 0 Å². The molecule has 4 heterocycles. The molecule has 56 heavy (non-hydrogen) atoms. The predicted molar refractivity (Wildman–Crippen MR) is 228 cm³/mol. The van der Waals surface area contributed by atoms with Crippen molar-refractivity contribution in [2.45, 2.75) is 0 Å². The molecule has 0 amide bonds. The highest BCUT2D eigenvalue weighted by molar-refractivity contribution is 7.26. The Morgan fingerprint density at radius 2 is 0.929 bits per heavy atom. The van der Waals surface area contributed by atoms with Gasteiger partial charge in [-0.05, 0) is 35.4 Å². The third-order valence-electron chi connectivity index (χ3n) is 10.2. The summed E-state index contributed by atoms with van der Waals surface area (Å²) in [4.78, 5) is 25.0. The number of thiophene rings is 1. The Bertz CT molecular complexity index is 3180. The molecule has 11 aromatic rings. The van der Waals surface area contributed by atoms with Crippen LogP contribution in [0, 0.1) is 0 Å². The van der Waals surface area contributed by atoms with Crippen LogP contribution < -0.4 is 0 Å². The number of hydrogen-bond acceptors (Lipinski definition) is 7. The van der Waals surface area contributed by atoms with E-state index in [1.54, 1.807) is 11.3 Å². The van der Waals surface area contributed by atoms with Crippen molar-refractivity contribution in [1.29, 1.82) is 0 Å². The van der Waals surface area contributed by atoms with Gasteiger partial charge in [-0.15, -0.1) is 11.3 Å². The molecule has 4 aromatic heterocycles. The van der Waals surface area contributed by atoms with Crippen molar-refractivity contribution in [3.63, 3.8) is 0 Å². The Morgan fingerprint density at radius 3 is 1.62 bits per heavy atom. The highest BCUT2D eigenvalue weighted by Crippen LogP contribution is 2.42. The van der Waals surface area contributed by atoms with E-state index in [0.29, 0.717) is 28.9 Å². The maximum absolute atomic E-state index is 6.32. The number of aromatic nitrogens is 5. The molecule has 0 N–H and O–H groups in total. The fraction of sp³-hybridized carbons (Fsp3) is 0. The number of hydrogen-bond donors (Lipinski definition) is 0. The normalized spacial score (nSPS) is 11.6. The van der Waals surface area contributed by atoms with E-state index in [1.807, 2.05) is 97.1 Å². The molecule has 0 saturated heterocycles. The van der Waals surface area contributed by atoms with Gasteiger partial charge in [0.15, 0.2) is 28.9 Å². The van der Waals surface area contributed by atoms with Crippen molar-refractivity contribution < 1.29 is 4.42 Å². The quantitative estimate of drug-likeness (QED) is 0.169. The van der Waals surface area contributed by atoms with Crippen molar-refractivity contribution in [2.24, 2.45) is 0 Å². The molecule has 0 aliphatic rings. The third-order valence-corrected chi connectivity index (χ3v) is 11.3. The number of rotatable bonds is 6. The minimum Gasteiger partial charge on any atom is -0.452 e. The lowest BCUT2D eigenvalue weighted by Crippen LogP contribution is -1.99. The fourth-order valence-electron chi connectivity index (χ4n) is 7.45. The van der Waals surface area contributed by atoms with E-state index in [9.17, 15) is 0 Å². The zero-order valence-electron chi connectivity index (χ0n) is 29.8. The second-order valence-corrected chi connectivity index (χ2v) is 14.7. The molecule has 262 valence electrons. The smallest absolute Gasteiger partial charge is 0.180 e. The van der Waals surface area contributed by atoms with Crippen LogP contribution in [0.5, 0.6) is 0 Å². The van der Waals surface area contributed by atoms with Gasteiger partial charge < -0.3 is 4.42 Å². The SMILES string of the molecule is c1ccc(-c2nc(-c3ccccc3)nc(-c3ccc4c(c3)sc3cccc(-c5ccc(-c6nc(-c7ccccc7)c7oc8ccccc8c7n6)cc5)c34)n2)cc1. The summed E-state index contributed by atoms with van der Waals surface area (Å²) in [7, 11) is 0. The largest absolute Gasteiger partial charge is 0.452 e. The molecule has 7 heteroatoms. The Balaban J connectivity index is 0.994. The molecule has 0 bridgehead atoms. The Labute approximate surface area is 325 Å². The molecule has 0 saturated carbocycles. The Hall–Kier alpha value is -7.35. The summed E-state index contributed by atoms with van der Waals surface area (Å²) in [6, 6.07) is 60.0. The van der Waals surface area contributed by atoms with Crippen LogP contribution in [-0.4, -0.2) is 24.9 Å². The first-order chi connectivity index (χ1) is 27.7. The molecular formula is C49H29N5OS. The highest BCUT2D eigenvalue weighted by atomic mass is 32.1. The first-order valence-corrected chi connectivity index (χ1v) is 19.2. The van der Waals surface area contributed by atoms with Crippen LogP contribution in [0.25, 0.3) is 110 Å². The molecule has 0 radical (unpaired) electrons. The lowest BCUT2D eigenvalue weighted by atomic mass is 9.98. The molecular weight excluding hydrogens is 707 g/mol. The van der Waals surface area contributed by atoms with Crippen LogP contribution >= 0.6 is 11.3 Å². The lowest BCUT2D eigenvalue weighted by molar-refractivity contribution is 0.667. The zero-order valence-corrected chi connectivity index (χ0v) is 30.6. The molecule has 0 atom stereocenters. The molecule has 0 aliphatic carbocycles.